The predicted octanol–water partition coefficient (Wildman–Crippen LogP) is -0.221. The first-order valence-corrected chi connectivity index (χ1v) is 8.16. The Morgan fingerprint density at radius 1 is 1.21 bits per heavy atom. The predicted molar refractivity (Wildman–Crippen MR) is 89.0 cm³/mol. The molecule has 7 nitrogen and oxygen atoms in total. The van der Waals surface area contributed by atoms with Crippen molar-refractivity contribution in [2.45, 2.75) is 19.5 Å². The molecule has 1 unspecified atom stereocenters. The van der Waals surface area contributed by atoms with Crippen molar-refractivity contribution in [1.82, 2.24) is 25.4 Å². The largest absolute Gasteiger partial charge is 0.322 e. The maximum atomic E-state index is 11.4. The van der Waals surface area contributed by atoms with Crippen LogP contribution in [0, 0.1) is 11.8 Å². The van der Waals surface area contributed by atoms with Gasteiger partial charge in [-0.05, 0) is 18.7 Å². The zero-order chi connectivity index (χ0) is 16.9. The second-order valence-electron chi connectivity index (χ2n) is 5.91. The number of amides is 3. The van der Waals surface area contributed by atoms with E-state index in [0.717, 1.165) is 50.5 Å². The molecule has 1 atom stereocenters. The number of hydrogen-bond acceptors (Lipinski definition) is 5. The van der Waals surface area contributed by atoms with Gasteiger partial charge in [0.2, 0.25) is 0 Å². The van der Waals surface area contributed by atoms with Crippen LogP contribution in [-0.4, -0.2) is 65.5 Å². The van der Waals surface area contributed by atoms with Crippen molar-refractivity contribution in [3.63, 3.8) is 0 Å². The second kappa shape index (κ2) is 7.43. The van der Waals surface area contributed by atoms with Crippen LogP contribution in [0.15, 0.2) is 18.3 Å². The number of carbonyl (C=O) groups excluding carboxylic acids is 2. The number of pyridine rings is 1. The molecule has 126 valence electrons. The molecular weight excluding hydrogens is 306 g/mol. The lowest BCUT2D eigenvalue weighted by molar-refractivity contribution is -0.119. The topological polar surface area (TPSA) is 77.6 Å². The number of rotatable bonds is 3. The Morgan fingerprint density at radius 3 is 2.54 bits per heavy atom. The summed E-state index contributed by atoms with van der Waals surface area (Å²) in [7, 11) is 0. The number of imide groups is 1. The highest BCUT2D eigenvalue weighted by atomic mass is 16.2. The summed E-state index contributed by atoms with van der Waals surface area (Å²) in [5, 5.41) is 4.59. The van der Waals surface area contributed by atoms with E-state index in [1.54, 1.807) is 6.20 Å². The molecular formula is C17H21N5O2. The van der Waals surface area contributed by atoms with Crippen molar-refractivity contribution < 1.29 is 9.59 Å². The normalized spacial score (nSPS) is 21.8. The first-order valence-electron chi connectivity index (χ1n) is 8.16. The highest BCUT2D eigenvalue weighted by Gasteiger charge is 2.27. The summed E-state index contributed by atoms with van der Waals surface area (Å²) < 4.78 is 0. The number of likely N-dealkylation sites (N-methyl/N-ethyl adjacent to an activating group) is 1. The van der Waals surface area contributed by atoms with Crippen LogP contribution in [0.1, 0.15) is 18.2 Å². The lowest BCUT2D eigenvalue weighted by Gasteiger charge is -2.33. The molecule has 1 aromatic rings. The van der Waals surface area contributed by atoms with Gasteiger partial charge in [-0.3, -0.25) is 20.0 Å². The molecule has 2 fully saturated rings. The molecule has 7 heteroatoms. The fraction of sp³-hybridized carbons (Fsp3) is 0.471. The molecule has 0 aliphatic carbocycles. The lowest BCUT2D eigenvalue weighted by Crippen LogP contribution is -2.45. The van der Waals surface area contributed by atoms with Gasteiger partial charge in [0, 0.05) is 44.5 Å². The van der Waals surface area contributed by atoms with Gasteiger partial charge < -0.3 is 10.2 Å². The van der Waals surface area contributed by atoms with Crippen molar-refractivity contribution in [2.24, 2.45) is 0 Å². The molecule has 24 heavy (non-hydrogen) atoms. The first-order chi connectivity index (χ1) is 11.6. The summed E-state index contributed by atoms with van der Waals surface area (Å²) in [6.07, 6.45) is 1.71. The molecule has 2 N–H and O–H groups in total. The number of piperazine rings is 1. The zero-order valence-corrected chi connectivity index (χ0v) is 13.7. The molecule has 3 rings (SSSR count). The van der Waals surface area contributed by atoms with Gasteiger partial charge in [-0.15, -0.1) is 0 Å². The Balaban J connectivity index is 1.54. The maximum absolute atomic E-state index is 11.4. The fourth-order valence-electron chi connectivity index (χ4n) is 2.76. The van der Waals surface area contributed by atoms with E-state index in [0.29, 0.717) is 0 Å². The van der Waals surface area contributed by atoms with E-state index in [1.165, 1.54) is 0 Å². The van der Waals surface area contributed by atoms with Gasteiger partial charge in [-0.2, -0.15) is 0 Å². The Hall–Kier alpha value is -2.43. The average molecular weight is 327 g/mol. The molecule has 0 radical (unpaired) electrons. The summed E-state index contributed by atoms with van der Waals surface area (Å²) in [5.74, 6) is 5.20. The quantitative estimate of drug-likeness (QED) is 0.593. The Labute approximate surface area is 141 Å². The van der Waals surface area contributed by atoms with Crippen molar-refractivity contribution >= 4 is 11.9 Å². The van der Waals surface area contributed by atoms with Crippen molar-refractivity contribution in [2.75, 3.05) is 32.7 Å². The third-order valence-corrected chi connectivity index (χ3v) is 4.26. The molecule has 0 spiro atoms. The second-order valence-corrected chi connectivity index (χ2v) is 5.91. The van der Waals surface area contributed by atoms with Crippen LogP contribution in [0.2, 0.25) is 0 Å². The molecule has 2 aliphatic rings. The van der Waals surface area contributed by atoms with E-state index in [4.69, 9.17) is 0 Å². The Bertz CT molecular complexity index is 668. The van der Waals surface area contributed by atoms with Crippen LogP contribution in [-0.2, 0) is 11.3 Å². The van der Waals surface area contributed by atoms with Gasteiger partial charge in [0.25, 0.3) is 5.91 Å². The van der Waals surface area contributed by atoms with Crippen molar-refractivity contribution in [3.8, 4) is 11.8 Å². The van der Waals surface area contributed by atoms with Gasteiger partial charge in [0.15, 0.2) is 6.04 Å². The van der Waals surface area contributed by atoms with E-state index < -0.39 is 18.0 Å². The van der Waals surface area contributed by atoms with Crippen molar-refractivity contribution in [3.05, 3.63) is 29.6 Å². The third-order valence-electron chi connectivity index (χ3n) is 4.26. The van der Waals surface area contributed by atoms with Crippen molar-refractivity contribution in [1.29, 1.82) is 0 Å². The number of hydrogen-bond donors (Lipinski definition) is 2. The highest BCUT2D eigenvalue weighted by molar-refractivity contribution is 6.05. The van der Waals surface area contributed by atoms with Gasteiger partial charge in [0.05, 0.1) is 5.69 Å². The SMILES string of the molecule is CCN1CCN(Cc2ccc(C#CC3NC(=O)NC3=O)cn2)CC1. The molecule has 2 aliphatic heterocycles. The van der Waals surface area contributed by atoms with E-state index in [-0.39, 0.29) is 0 Å². The summed E-state index contributed by atoms with van der Waals surface area (Å²) in [6, 6.07) is 2.57. The Kier molecular flexibility index (Phi) is 5.08. The molecule has 3 heterocycles. The Morgan fingerprint density at radius 2 is 1.96 bits per heavy atom. The van der Waals surface area contributed by atoms with Crippen LogP contribution in [0.5, 0.6) is 0 Å². The number of aromatic nitrogens is 1. The monoisotopic (exact) mass is 327 g/mol. The molecule has 2 saturated heterocycles. The minimum absolute atomic E-state index is 0.414. The molecule has 0 saturated carbocycles. The number of nitrogens with one attached hydrogen (secondary N) is 2. The van der Waals surface area contributed by atoms with Crippen LogP contribution in [0.3, 0.4) is 0 Å². The van der Waals surface area contributed by atoms with Gasteiger partial charge in [-0.25, -0.2) is 4.79 Å². The first kappa shape index (κ1) is 16.4. The van der Waals surface area contributed by atoms with Gasteiger partial charge in [0.1, 0.15) is 0 Å². The minimum Gasteiger partial charge on any atom is -0.316 e. The standard InChI is InChI=1S/C17H21N5O2/c1-2-21-7-9-22(10-8-21)12-14-5-3-13(11-18-14)4-6-15-16(23)20-17(24)19-15/h3,5,11,15H,2,7-10,12H2,1H3,(H2,19,20,23,24). The smallest absolute Gasteiger partial charge is 0.316 e. The molecule has 1 aromatic heterocycles. The molecule has 0 bridgehead atoms. The van der Waals surface area contributed by atoms with E-state index >= 15 is 0 Å². The van der Waals surface area contributed by atoms with Crippen LogP contribution in [0.4, 0.5) is 4.79 Å². The number of carbonyl (C=O) groups is 2. The van der Waals surface area contributed by atoms with E-state index in [2.05, 4.69) is 44.2 Å². The maximum Gasteiger partial charge on any atom is 0.322 e. The number of nitrogens with zero attached hydrogens (tertiary/aromatic N) is 3. The van der Waals surface area contributed by atoms with Gasteiger partial charge in [-0.1, -0.05) is 18.8 Å². The summed E-state index contributed by atoms with van der Waals surface area (Å²) in [5.41, 5.74) is 1.74. The zero-order valence-electron chi connectivity index (χ0n) is 13.7. The summed E-state index contributed by atoms with van der Waals surface area (Å²) in [4.78, 5) is 31.7. The third kappa shape index (κ3) is 4.10. The average Bonchev–Trinajstić information content (AvgIpc) is 2.92. The summed E-state index contributed by atoms with van der Waals surface area (Å²) >= 11 is 0. The molecule has 0 aromatic carbocycles. The van der Waals surface area contributed by atoms with Crippen LogP contribution in [0.25, 0.3) is 0 Å². The van der Waals surface area contributed by atoms with Crippen LogP contribution < -0.4 is 10.6 Å². The minimum atomic E-state index is -0.785. The van der Waals surface area contributed by atoms with Gasteiger partial charge >= 0.3 is 6.03 Å². The lowest BCUT2D eigenvalue weighted by atomic mass is 10.2. The summed E-state index contributed by atoms with van der Waals surface area (Å²) in [6.45, 7) is 8.48. The molecule has 3 amide bonds. The van der Waals surface area contributed by atoms with Crippen LogP contribution >= 0.6 is 0 Å². The number of urea groups is 1. The fourth-order valence-corrected chi connectivity index (χ4v) is 2.76. The van der Waals surface area contributed by atoms with E-state index in [1.807, 2.05) is 12.1 Å². The highest BCUT2D eigenvalue weighted by Crippen LogP contribution is 2.07. The van der Waals surface area contributed by atoms with E-state index in [9.17, 15) is 9.59 Å².